The highest BCUT2D eigenvalue weighted by Gasteiger charge is 2.35. The summed E-state index contributed by atoms with van der Waals surface area (Å²) in [6, 6.07) is 2.89. The molecule has 1 aromatic heterocycles. The van der Waals surface area contributed by atoms with Gasteiger partial charge in [0.25, 0.3) is 5.91 Å². The molecule has 0 unspecified atom stereocenters. The molecule has 2 aliphatic rings. The quantitative estimate of drug-likeness (QED) is 0.805. The Bertz CT molecular complexity index is 478. The van der Waals surface area contributed by atoms with Crippen molar-refractivity contribution in [2.24, 2.45) is 0 Å². The molecule has 0 radical (unpaired) electrons. The molecule has 4 nitrogen and oxygen atoms in total. The second-order valence-corrected chi connectivity index (χ2v) is 6.32. The molecule has 0 saturated heterocycles. The van der Waals surface area contributed by atoms with Gasteiger partial charge in [0.1, 0.15) is 5.69 Å². The van der Waals surface area contributed by atoms with Crippen molar-refractivity contribution in [3.8, 4) is 0 Å². The number of ether oxygens (including phenoxy) is 1. The summed E-state index contributed by atoms with van der Waals surface area (Å²) in [6.07, 6.45) is 6.65. The Kier molecular flexibility index (Phi) is 3.67. The minimum atomic E-state index is 0.150. The number of hydrogen-bond acceptors (Lipinski definition) is 2. The van der Waals surface area contributed by atoms with Crippen LogP contribution in [0.1, 0.15) is 42.2 Å². The highest BCUT2D eigenvalue weighted by atomic mass is 79.9. The molecular weight excluding hydrogens is 308 g/mol. The van der Waals surface area contributed by atoms with E-state index < -0.39 is 0 Å². The molecule has 0 N–H and O–H groups in total. The summed E-state index contributed by atoms with van der Waals surface area (Å²) in [4.78, 5) is 14.7. The van der Waals surface area contributed by atoms with Crippen molar-refractivity contribution in [1.82, 2.24) is 9.47 Å². The van der Waals surface area contributed by atoms with Crippen LogP contribution in [0.5, 0.6) is 0 Å². The number of hydrogen-bond donors (Lipinski definition) is 0. The first kappa shape index (κ1) is 13.2. The Hall–Kier alpha value is -0.810. The summed E-state index contributed by atoms with van der Waals surface area (Å²) in [5, 5.41) is 0. The van der Waals surface area contributed by atoms with Crippen LogP contribution in [0.25, 0.3) is 0 Å². The van der Waals surface area contributed by atoms with Gasteiger partial charge in [-0.05, 0) is 47.7 Å². The fourth-order valence-corrected chi connectivity index (χ4v) is 2.88. The normalized spacial score (nSPS) is 18.6. The number of amides is 1. The topological polar surface area (TPSA) is 34.5 Å². The fraction of sp³-hybridized carbons (Fsp3) is 0.643. The van der Waals surface area contributed by atoms with Crippen molar-refractivity contribution in [2.75, 3.05) is 20.3 Å². The zero-order chi connectivity index (χ0) is 13.4. The third-order valence-corrected chi connectivity index (χ3v) is 4.19. The molecule has 1 aromatic rings. The average molecular weight is 327 g/mol. The number of carbonyl (C=O) groups excluding carboxylic acids is 1. The monoisotopic (exact) mass is 326 g/mol. The van der Waals surface area contributed by atoms with E-state index in [1.54, 1.807) is 7.11 Å². The molecule has 2 saturated carbocycles. The van der Waals surface area contributed by atoms with Crippen molar-refractivity contribution in [3.63, 3.8) is 0 Å². The SMILES string of the molecule is COCCN(C(=O)c1cc(Br)cn1C1CC1)C1CC1. The number of halogens is 1. The van der Waals surface area contributed by atoms with Gasteiger partial charge in [0.05, 0.1) is 6.61 Å². The van der Waals surface area contributed by atoms with Crippen molar-refractivity contribution in [1.29, 1.82) is 0 Å². The van der Waals surface area contributed by atoms with E-state index in [9.17, 15) is 4.79 Å². The van der Waals surface area contributed by atoms with Gasteiger partial charge in [-0.25, -0.2) is 0 Å². The summed E-state index contributed by atoms with van der Waals surface area (Å²) < 4.78 is 8.25. The van der Waals surface area contributed by atoms with Gasteiger partial charge >= 0.3 is 0 Å². The first-order valence-corrected chi connectivity index (χ1v) is 7.67. The first-order chi connectivity index (χ1) is 9.20. The predicted octanol–water partition coefficient (Wildman–Crippen LogP) is 2.84. The predicted molar refractivity (Wildman–Crippen MR) is 76.3 cm³/mol. The second kappa shape index (κ2) is 5.29. The van der Waals surface area contributed by atoms with Crippen LogP contribution in [0, 0.1) is 0 Å². The van der Waals surface area contributed by atoms with Gasteiger partial charge in [0.2, 0.25) is 0 Å². The summed E-state index contributed by atoms with van der Waals surface area (Å²) in [6.45, 7) is 1.29. The van der Waals surface area contributed by atoms with Crippen LogP contribution in [0.15, 0.2) is 16.7 Å². The highest BCUT2D eigenvalue weighted by molar-refractivity contribution is 9.10. The second-order valence-electron chi connectivity index (χ2n) is 5.40. The van der Waals surface area contributed by atoms with Crippen LogP contribution in [0.3, 0.4) is 0 Å². The van der Waals surface area contributed by atoms with E-state index in [-0.39, 0.29) is 5.91 Å². The Morgan fingerprint density at radius 2 is 2.21 bits per heavy atom. The van der Waals surface area contributed by atoms with Crippen LogP contribution < -0.4 is 0 Å². The fourth-order valence-electron chi connectivity index (χ4n) is 2.44. The zero-order valence-corrected chi connectivity index (χ0v) is 12.7. The smallest absolute Gasteiger partial charge is 0.270 e. The minimum Gasteiger partial charge on any atom is -0.383 e. The van der Waals surface area contributed by atoms with Gasteiger partial charge in [0, 0.05) is 36.4 Å². The lowest BCUT2D eigenvalue weighted by Gasteiger charge is -2.22. The average Bonchev–Trinajstić information content (AvgIpc) is 3.28. The summed E-state index contributed by atoms with van der Waals surface area (Å²) in [5.41, 5.74) is 0.817. The van der Waals surface area contributed by atoms with Crippen LogP contribution in [-0.4, -0.2) is 41.7 Å². The molecule has 0 atom stereocenters. The van der Waals surface area contributed by atoms with E-state index in [0.717, 1.165) is 23.0 Å². The van der Waals surface area contributed by atoms with Gasteiger partial charge in [-0.15, -0.1) is 0 Å². The molecule has 1 amide bonds. The molecule has 0 aromatic carbocycles. The van der Waals surface area contributed by atoms with E-state index >= 15 is 0 Å². The lowest BCUT2D eigenvalue weighted by molar-refractivity contribution is 0.0669. The molecule has 3 rings (SSSR count). The number of rotatable bonds is 6. The lowest BCUT2D eigenvalue weighted by atomic mass is 10.3. The van der Waals surface area contributed by atoms with Crippen LogP contribution in [0.2, 0.25) is 0 Å². The van der Waals surface area contributed by atoms with Gasteiger partial charge < -0.3 is 14.2 Å². The van der Waals surface area contributed by atoms with E-state index in [2.05, 4.69) is 20.5 Å². The molecule has 0 aliphatic heterocycles. The third kappa shape index (κ3) is 2.87. The number of aromatic nitrogens is 1. The Morgan fingerprint density at radius 3 is 2.79 bits per heavy atom. The molecule has 5 heteroatoms. The Balaban J connectivity index is 1.80. The molecule has 1 heterocycles. The molecule has 104 valence electrons. The van der Waals surface area contributed by atoms with Crippen LogP contribution >= 0.6 is 15.9 Å². The zero-order valence-electron chi connectivity index (χ0n) is 11.1. The van der Waals surface area contributed by atoms with Crippen molar-refractivity contribution < 1.29 is 9.53 Å². The molecule has 0 bridgehead atoms. The van der Waals surface area contributed by atoms with Gasteiger partial charge in [0.15, 0.2) is 0 Å². The third-order valence-electron chi connectivity index (χ3n) is 3.76. The van der Waals surface area contributed by atoms with Crippen LogP contribution in [-0.2, 0) is 4.74 Å². The maximum atomic E-state index is 12.7. The summed E-state index contributed by atoms with van der Waals surface area (Å²) >= 11 is 3.49. The van der Waals surface area contributed by atoms with Crippen LogP contribution in [0.4, 0.5) is 0 Å². The summed E-state index contributed by atoms with van der Waals surface area (Å²) in [5.74, 6) is 0.150. The molecule has 19 heavy (non-hydrogen) atoms. The Labute approximate surface area is 121 Å². The minimum absolute atomic E-state index is 0.150. The van der Waals surface area contributed by atoms with Crippen molar-refractivity contribution >= 4 is 21.8 Å². The van der Waals surface area contributed by atoms with Gasteiger partial charge in [-0.1, -0.05) is 0 Å². The lowest BCUT2D eigenvalue weighted by Crippen LogP contribution is -2.36. The number of nitrogens with zero attached hydrogens (tertiary/aromatic N) is 2. The van der Waals surface area contributed by atoms with E-state index in [0.29, 0.717) is 25.2 Å². The van der Waals surface area contributed by atoms with Crippen molar-refractivity contribution in [3.05, 3.63) is 22.4 Å². The highest BCUT2D eigenvalue weighted by Crippen LogP contribution is 2.38. The van der Waals surface area contributed by atoms with E-state index in [1.807, 2.05) is 17.2 Å². The Morgan fingerprint density at radius 1 is 1.47 bits per heavy atom. The molecule has 2 aliphatic carbocycles. The standard InChI is InChI=1S/C14H19BrN2O2/c1-19-7-6-16(11-2-3-11)14(18)13-8-10(15)9-17(13)12-4-5-12/h8-9,11-12H,2-7H2,1H3. The van der Waals surface area contributed by atoms with E-state index in [4.69, 9.17) is 4.74 Å². The summed E-state index contributed by atoms with van der Waals surface area (Å²) in [7, 11) is 1.68. The molecule has 0 spiro atoms. The maximum absolute atomic E-state index is 12.7. The largest absolute Gasteiger partial charge is 0.383 e. The van der Waals surface area contributed by atoms with Gasteiger partial charge in [-0.3, -0.25) is 4.79 Å². The van der Waals surface area contributed by atoms with Crippen molar-refractivity contribution in [2.45, 2.75) is 37.8 Å². The van der Waals surface area contributed by atoms with Gasteiger partial charge in [-0.2, -0.15) is 0 Å². The first-order valence-electron chi connectivity index (χ1n) is 6.88. The molecule has 2 fully saturated rings. The maximum Gasteiger partial charge on any atom is 0.270 e. The number of methoxy groups -OCH3 is 1. The number of carbonyl (C=O) groups is 1. The molecular formula is C14H19BrN2O2. The van der Waals surface area contributed by atoms with E-state index in [1.165, 1.54) is 12.8 Å².